The summed E-state index contributed by atoms with van der Waals surface area (Å²) in [6, 6.07) is 83.9. The molecule has 0 saturated carbocycles. The van der Waals surface area contributed by atoms with E-state index in [1.54, 1.807) is 0 Å². The SMILES string of the molecule is c1ccc(Oc2cccc(-c3nc(-c4cc(-c5ccccc5)c(-n5c6ccccc6c6cc(-c7ccccc7)ccc65)c(-c5ccccc5)c4)nc(-c4cccc5c4oc4ccccc45)n3)c2)cc1. The minimum atomic E-state index is 0.497. The van der Waals surface area contributed by atoms with Crippen LogP contribution in [0.15, 0.2) is 247 Å². The quantitative estimate of drug-likeness (QED) is 0.144. The van der Waals surface area contributed by atoms with Gasteiger partial charge in [-0.25, -0.2) is 15.0 Å². The molecule has 324 valence electrons. The molecule has 0 N–H and O–H groups in total. The van der Waals surface area contributed by atoms with Gasteiger partial charge in [0.2, 0.25) is 0 Å². The van der Waals surface area contributed by atoms with Gasteiger partial charge in [-0.05, 0) is 89.0 Å². The van der Waals surface area contributed by atoms with Gasteiger partial charge in [0.05, 0.1) is 22.3 Å². The van der Waals surface area contributed by atoms with Crippen molar-refractivity contribution in [3.05, 3.63) is 243 Å². The Bertz CT molecular complexity index is 3970. The number of fused-ring (bicyclic) bond motifs is 6. The smallest absolute Gasteiger partial charge is 0.167 e. The molecule has 3 heterocycles. The number of rotatable bonds is 9. The van der Waals surface area contributed by atoms with Crippen molar-refractivity contribution in [1.82, 2.24) is 19.5 Å². The van der Waals surface area contributed by atoms with Crippen LogP contribution in [0, 0.1) is 0 Å². The molecular formula is C63H40N4O2. The molecule has 0 amide bonds. The molecule has 0 bridgehead atoms. The van der Waals surface area contributed by atoms with Crippen molar-refractivity contribution in [3.63, 3.8) is 0 Å². The number of furan rings is 1. The van der Waals surface area contributed by atoms with Crippen molar-refractivity contribution < 1.29 is 9.15 Å². The molecule has 3 aromatic heterocycles. The predicted molar refractivity (Wildman–Crippen MR) is 281 cm³/mol. The predicted octanol–water partition coefficient (Wildman–Crippen LogP) is 16.7. The molecule has 0 radical (unpaired) electrons. The Morgan fingerprint density at radius 2 is 0.855 bits per heavy atom. The van der Waals surface area contributed by atoms with Gasteiger partial charge in [-0.15, -0.1) is 0 Å². The molecule has 0 fully saturated rings. The molecule has 0 spiro atoms. The van der Waals surface area contributed by atoms with Crippen molar-refractivity contribution in [2.45, 2.75) is 0 Å². The zero-order chi connectivity index (χ0) is 45.7. The fourth-order valence-electron chi connectivity index (χ4n) is 9.71. The van der Waals surface area contributed by atoms with Gasteiger partial charge in [0.25, 0.3) is 0 Å². The molecule has 0 aliphatic rings. The average molecular weight is 885 g/mol. The van der Waals surface area contributed by atoms with Crippen LogP contribution in [0.3, 0.4) is 0 Å². The second-order valence-corrected chi connectivity index (χ2v) is 17.1. The van der Waals surface area contributed by atoms with Crippen molar-refractivity contribution in [2.75, 3.05) is 0 Å². The van der Waals surface area contributed by atoms with Crippen LogP contribution in [0.25, 0.3) is 117 Å². The van der Waals surface area contributed by atoms with Gasteiger partial charge in [0, 0.05) is 43.8 Å². The van der Waals surface area contributed by atoms with Crippen molar-refractivity contribution in [1.29, 1.82) is 0 Å². The van der Waals surface area contributed by atoms with E-state index in [0.29, 0.717) is 23.2 Å². The molecular weight excluding hydrogens is 845 g/mol. The Morgan fingerprint density at radius 3 is 1.58 bits per heavy atom. The maximum Gasteiger partial charge on any atom is 0.167 e. The van der Waals surface area contributed by atoms with E-state index >= 15 is 0 Å². The molecule has 0 aliphatic carbocycles. The molecule has 10 aromatic carbocycles. The first-order valence-electron chi connectivity index (χ1n) is 23.1. The molecule has 0 aliphatic heterocycles. The van der Waals surface area contributed by atoms with E-state index in [1.807, 2.05) is 84.9 Å². The number of hydrogen-bond donors (Lipinski definition) is 0. The molecule has 0 unspecified atom stereocenters. The summed E-state index contributed by atoms with van der Waals surface area (Å²) < 4.78 is 15.4. The van der Waals surface area contributed by atoms with Crippen LogP contribution in [-0.4, -0.2) is 19.5 Å². The van der Waals surface area contributed by atoms with E-state index in [2.05, 4.69) is 162 Å². The monoisotopic (exact) mass is 884 g/mol. The third-order valence-electron chi connectivity index (χ3n) is 12.9. The van der Waals surface area contributed by atoms with E-state index in [9.17, 15) is 0 Å². The zero-order valence-corrected chi connectivity index (χ0v) is 37.2. The van der Waals surface area contributed by atoms with Crippen LogP contribution in [0.5, 0.6) is 11.5 Å². The van der Waals surface area contributed by atoms with Gasteiger partial charge in [0.15, 0.2) is 17.5 Å². The minimum Gasteiger partial charge on any atom is -0.457 e. The maximum atomic E-state index is 6.61. The number of benzene rings is 10. The second-order valence-electron chi connectivity index (χ2n) is 17.1. The summed E-state index contributed by atoms with van der Waals surface area (Å²) in [7, 11) is 0. The molecule has 13 rings (SSSR count). The summed E-state index contributed by atoms with van der Waals surface area (Å²) in [4.78, 5) is 16.0. The van der Waals surface area contributed by atoms with E-state index in [-0.39, 0.29) is 0 Å². The third kappa shape index (κ3) is 7.19. The number of aromatic nitrogens is 4. The van der Waals surface area contributed by atoms with Gasteiger partial charge in [0.1, 0.15) is 22.7 Å². The van der Waals surface area contributed by atoms with E-state index < -0.39 is 0 Å². The summed E-state index contributed by atoms with van der Waals surface area (Å²) in [5.74, 6) is 2.94. The fourth-order valence-corrected chi connectivity index (χ4v) is 9.71. The van der Waals surface area contributed by atoms with E-state index in [0.717, 1.165) is 83.4 Å². The number of ether oxygens (including phenoxy) is 1. The first-order chi connectivity index (χ1) is 34.2. The Labute approximate surface area is 398 Å². The third-order valence-corrected chi connectivity index (χ3v) is 12.9. The van der Waals surface area contributed by atoms with Gasteiger partial charge in [-0.2, -0.15) is 0 Å². The number of hydrogen-bond acceptors (Lipinski definition) is 5. The van der Waals surface area contributed by atoms with Gasteiger partial charge in [-0.3, -0.25) is 0 Å². The first-order valence-corrected chi connectivity index (χ1v) is 23.1. The lowest BCUT2D eigenvalue weighted by Crippen LogP contribution is -2.04. The second kappa shape index (κ2) is 16.8. The molecule has 6 heteroatoms. The fraction of sp³-hybridized carbons (Fsp3) is 0. The summed E-state index contributed by atoms with van der Waals surface area (Å²) in [5, 5.41) is 4.39. The van der Waals surface area contributed by atoms with Crippen LogP contribution in [-0.2, 0) is 0 Å². The topological polar surface area (TPSA) is 66.0 Å². The van der Waals surface area contributed by atoms with E-state index in [4.69, 9.17) is 24.1 Å². The van der Waals surface area contributed by atoms with E-state index in [1.165, 1.54) is 21.9 Å². The molecule has 13 aromatic rings. The largest absolute Gasteiger partial charge is 0.457 e. The standard InChI is InChI=1S/C63H40N4O2/c1-5-19-41(20-6-1)44-35-36-57-55(38-44)49-29-13-15-33-56(49)67(57)59-53(42-21-7-2-8-22-42)39-46(40-54(59)43-23-9-3-10-24-43)62-64-61(45-25-17-28-48(37-45)68-47-26-11-4-12-27-47)65-63(66-62)52-32-18-31-51-50-30-14-16-34-58(50)69-60(51)52/h1-40H. The lowest BCUT2D eigenvalue weighted by molar-refractivity contribution is 0.483. The van der Waals surface area contributed by atoms with Crippen molar-refractivity contribution in [3.8, 4) is 84.7 Å². The summed E-state index contributed by atoms with van der Waals surface area (Å²) in [5.41, 5.74) is 13.7. The molecule has 0 saturated heterocycles. The Kier molecular flexibility index (Phi) is 9.72. The van der Waals surface area contributed by atoms with Gasteiger partial charge < -0.3 is 13.7 Å². The Hall–Kier alpha value is -9.39. The van der Waals surface area contributed by atoms with Crippen LogP contribution in [0.4, 0.5) is 0 Å². The van der Waals surface area contributed by atoms with Gasteiger partial charge in [-0.1, -0.05) is 176 Å². The zero-order valence-electron chi connectivity index (χ0n) is 37.2. The lowest BCUT2D eigenvalue weighted by atomic mass is 9.92. The van der Waals surface area contributed by atoms with Crippen LogP contribution in [0.1, 0.15) is 0 Å². The average Bonchev–Trinajstić information content (AvgIpc) is 3.97. The van der Waals surface area contributed by atoms with Crippen LogP contribution >= 0.6 is 0 Å². The molecule has 69 heavy (non-hydrogen) atoms. The Balaban J connectivity index is 1.09. The van der Waals surface area contributed by atoms with Crippen LogP contribution in [0.2, 0.25) is 0 Å². The molecule has 0 atom stereocenters. The van der Waals surface area contributed by atoms with Crippen LogP contribution < -0.4 is 4.74 Å². The highest BCUT2D eigenvalue weighted by Crippen LogP contribution is 2.45. The molecule has 6 nitrogen and oxygen atoms in total. The van der Waals surface area contributed by atoms with Crippen molar-refractivity contribution >= 4 is 43.7 Å². The number of para-hydroxylation sites is 4. The highest BCUT2D eigenvalue weighted by atomic mass is 16.5. The highest BCUT2D eigenvalue weighted by Gasteiger charge is 2.24. The lowest BCUT2D eigenvalue weighted by Gasteiger charge is -2.21. The van der Waals surface area contributed by atoms with Gasteiger partial charge >= 0.3 is 0 Å². The minimum absolute atomic E-state index is 0.497. The summed E-state index contributed by atoms with van der Waals surface area (Å²) in [6.45, 7) is 0. The summed E-state index contributed by atoms with van der Waals surface area (Å²) in [6.07, 6.45) is 0. The number of nitrogens with zero attached hydrogens (tertiary/aromatic N) is 4. The first kappa shape index (κ1) is 39.9. The summed E-state index contributed by atoms with van der Waals surface area (Å²) >= 11 is 0. The Morgan fingerprint density at radius 1 is 0.319 bits per heavy atom. The maximum absolute atomic E-state index is 6.61. The van der Waals surface area contributed by atoms with Crippen molar-refractivity contribution in [2.24, 2.45) is 0 Å². The highest BCUT2D eigenvalue weighted by molar-refractivity contribution is 6.12. The normalized spacial score (nSPS) is 11.5.